The molecule has 0 radical (unpaired) electrons. The van der Waals surface area contributed by atoms with E-state index in [9.17, 15) is 8.42 Å². The summed E-state index contributed by atoms with van der Waals surface area (Å²) < 4.78 is 32.7. The Hall–Kier alpha value is -0.430. The highest BCUT2D eigenvalue weighted by molar-refractivity contribution is 9.10. The maximum atomic E-state index is 12.0. The lowest BCUT2D eigenvalue weighted by Gasteiger charge is -2.11. The van der Waals surface area contributed by atoms with Crippen molar-refractivity contribution in [2.24, 2.45) is 0 Å². The fourth-order valence-electron chi connectivity index (χ4n) is 1.97. The molecule has 0 spiro atoms. The van der Waals surface area contributed by atoms with Crippen molar-refractivity contribution in [3.8, 4) is 0 Å². The average Bonchev–Trinajstić information content (AvgIpc) is 2.82. The van der Waals surface area contributed by atoms with Crippen LogP contribution in [0.5, 0.6) is 0 Å². The number of sulfonamides is 1. The molecule has 1 aliphatic heterocycles. The molecule has 100 valence electrons. The van der Waals surface area contributed by atoms with Gasteiger partial charge >= 0.3 is 0 Å². The molecule has 4 nitrogen and oxygen atoms in total. The Balaban J connectivity index is 1.93. The summed E-state index contributed by atoms with van der Waals surface area (Å²) in [6.45, 7) is 1.20. The second-order valence-corrected chi connectivity index (χ2v) is 6.84. The number of hydrogen-bond donors (Lipinski definition) is 1. The quantitative estimate of drug-likeness (QED) is 0.899. The average molecular weight is 334 g/mol. The van der Waals surface area contributed by atoms with Crippen molar-refractivity contribution in [2.45, 2.75) is 30.3 Å². The third-order valence-corrected chi connectivity index (χ3v) is 5.38. The fraction of sp³-hybridized carbons (Fsp3) is 0.500. The number of benzene rings is 1. The summed E-state index contributed by atoms with van der Waals surface area (Å²) in [7, 11) is -3.44. The van der Waals surface area contributed by atoms with Crippen LogP contribution in [0.4, 0.5) is 0 Å². The molecule has 0 amide bonds. The van der Waals surface area contributed by atoms with Crippen LogP contribution in [0.3, 0.4) is 0 Å². The Kier molecular flexibility index (Phi) is 4.77. The molecule has 1 aromatic carbocycles. The molecule has 18 heavy (non-hydrogen) atoms. The van der Waals surface area contributed by atoms with Gasteiger partial charge in [-0.2, -0.15) is 0 Å². The Morgan fingerprint density at radius 3 is 2.83 bits per heavy atom. The first-order chi connectivity index (χ1) is 8.59. The van der Waals surface area contributed by atoms with Gasteiger partial charge in [-0.3, -0.25) is 0 Å². The van der Waals surface area contributed by atoms with Crippen LogP contribution >= 0.6 is 15.9 Å². The van der Waals surface area contributed by atoms with Crippen molar-refractivity contribution in [1.29, 1.82) is 0 Å². The molecule has 0 aromatic heterocycles. The highest BCUT2D eigenvalue weighted by Crippen LogP contribution is 2.21. The van der Waals surface area contributed by atoms with E-state index in [1.807, 2.05) is 0 Å². The standard InChI is InChI=1S/C12H16BrNO3S/c13-11-5-1-2-6-12(11)18(15,16)14-8-7-10-4-3-9-17-10/h1-2,5-6,10,14H,3-4,7-9H2. The van der Waals surface area contributed by atoms with Crippen LogP contribution in [0.25, 0.3) is 0 Å². The maximum Gasteiger partial charge on any atom is 0.241 e. The first-order valence-electron chi connectivity index (χ1n) is 5.95. The Morgan fingerprint density at radius 1 is 1.39 bits per heavy atom. The van der Waals surface area contributed by atoms with E-state index in [1.165, 1.54) is 0 Å². The van der Waals surface area contributed by atoms with E-state index >= 15 is 0 Å². The lowest BCUT2D eigenvalue weighted by Crippen LogP contribution is -2.27. The zero-order chi connectivity index (χ0) is 13.0. The van der Waals surface area contributed by atoms with Crippen LogP contribution in [0, 0.1) is 0 Å². The summed E-state index contributed by atoms with van der Waals surface area (Å²) in [5.41, 5.74) is 0. The van der Waals surface area contributed by atoms with Gasteiger partial charge in [-0.15, -0.1) is 0 Å². The van der Waals surface area contributed by atoms with Gasteiger partial charge in [0.1, 0.15) is 0 Å². The van der Waals surface area contributed by atoms with Gasteiger partial charge in [0.15, 0.2) is 0 Å². The summed E-state index contributed by atoms with van der Waals surface area (Å²) in [5, 5.41) is 0. The predicted molar refractivity (Wildman–Crippen MR) is 72.9 cm³/mol. The molecule has 0 bridgehead atoms. The molecule has 6 heteroatoms. The smallest absolute Gasteiger partial charge is 0.241 e. The van der Waals surface area contributed by atoms with E-state index in [-0.39, 0.29) is 11.0 Å². The van der Waals surface area contributed by atoms with Gasteiger partial charge in [0.25, 0.3) is 0 Å². The van der Waals surface area contributed by atoms with Crippen LogP contribution in [-0.4, -0.2) is 27.7 Å². The molecule has 0 saturated carbocycles. The van der Waals surface area contributed by atoms with E-state index in [0.29, 0.717) is 11.0 Å². The van der Waals surface area contributed by atoms with Gasteiger partial charge in [-0.25, -0.2) is 13.1 Å². The first kappa shape index (κ1) is 14.0. The van der Waals surface area contributed by atoms with Gasteiger partial charge in [0, 0.05) is 17.6 Å². The van der Waals surface area contributed by atoms with Gasteiger partial charge in [0.2, 0.25) is 10.0 Å². The summed E-state index contributed by atoms with van der Waals surface area (Å²) in [5.74, 6) is 0. The minimum absolute atomic E-state index is 0.201. The summed E-state index contributed by atoms with van der Waals surface area (Å²) >= 11 is 3.25. The summed E-state index contributed by atoms with van der Waals surface area (Å²) in [6.07, 6.45) is 3.02. The van der Waals surface area contributed by atoms with Crippen molar-refractivity contribution in [3.05, 3.63) is 28.7 Å². The minimum Gasteiger partial charge on any atom is -0.378 e. The lowest BCUT2D eigenvalue weighted by molar-refractivity contribution is 0.105. The van der Waals surface area contributed by atoms with E-state index in [2.05, 4.69) is 20.7 Å². The molecule has 1 aromatic rings. The van der Waals surface area contributed by atoms with Crippen molar-refractivity contribution >= 4 is 26.0 Å². The van der Waals surface area contributed by atoms with Crippen LogP contribution in [0.15, 0.2) is 33.6 Å². The Labute approximate surface area is 116 Å². The Morgan fingerprint density at radius 2 is 2.17 bits per heavy atom. The monoisotopic (exact) mass is 333 g/mol. The molecule has 1 atom stereocenters. The summed E-state index contributed by atoms with van der Waals surface area (Å²) in [6, 6.07) is 6.79. The maximum absolute atomic E-state index is 12.0. The molecular weight excluding hydrogens is 318 g/mol. The van der Waals surface area contributed by atoms with Crippen LogP contribution in [0.2, 0.25) is 0 Å². The van der Waals surface area contributed by atoms with Crippen LogP contribution < -0.4 is 4.72 Å². The normalized spacial score (nSPS) is 20.2. The van der Waals surface area contributed by atoms with Crippen LogP contribution in [0.1, 0.15) is 19.3 Å². The van der Waals surface area contributed by atoms with Crippen molar-refractivity contribution in [3.63, 3.8) is 0 Å². The number of ether oxygens (including phenoxy) is 1. The number of halogens is 1. The highest BCUT2D eigenvalue weighted by atomic mass is 79.9. The highest BCUT2D eigenvalue weighted by Gasteiger charge is 2.19. The SMILES string of the molecule is O=S(=O)(NCCC1CCCO1)c1ccccc1Br. The fourth-order valence-corrected chi connectivity index (χ4v) is 4.02. The third-order valence-electron chi connectivity index (χ3n) is 2.91. The molecule has 1 heterocycles. The molecule has 1 unspecified atom stereocenters. The largest absolute Gasteiger partial charge is 0.378 e. The van der Waals surface area contributed by atoms with Gasteiger partial charge in [-0.1, -0.05) is 12.1 Å². The molecule has 2 rings (SSSR count). The zero-order valence-corrected chi connectivity index (χ0v) is 12.3. The number of nitrogens with one attached hydrogen (secondary N) is 1. The third kappa shape index (κ3) is 3.54. The minimum atomic E-state index is -3.44. The second-order valence-electron chi connectivity index (χ2n) is 4.25. The first-order valence-corrected chi connectivity index (χ1v) is 8.23. The van der Waals surface area contributed by atoms with Crippen molar-refractivity contribution < 1.29 is 13.2 Å². The Bertz CT molecular complexity index is 498. The predicted octanol–water partition coefficient (Wildman–Crippen LogP) is 2.30. The lowest BCUT2D eigenvalue weighted by atomic mass is 10.2. The number of rotatable bonds is 5. The van der Waals surface area contributed by atoms with E-state index in [1.54, 1.807) is 24.3 Å². The van der Waals surface area contributed by atoms with Gasteiger partial charge < -0.3 is 4.74 Å². The summed E-state index contributed by atoms with van der Waals surface area (Å²) in [4.78, 5) is 0.275. The van der Waals surface area contributed by atoms with Gasteiger partial charge in [-0.05, 0) is 47.3 Å². The molecule has 1 fully saturated rings. The molecule has 1 N–H and O–H groups in total. The second kappa shape index (κ2) is 6.14. The van der Waals surface area contributed by atoms with Crippen molar-refractivity contribution in [1.82, 2.24) is 4.72 Å². The molecular formula is C12H16BrNO3S. The van der Waals surface area contributed by atoms with E-state index in [4.69, 9.17) is 4.74 Å². The van der Waals surface area contributed by atoms with Crippen molar-refractivity contribution in [2.75, 3.05) is 13.2 Å². The molecule has 1 aliphatic rings. The van der Waals surface area contributed by atoms with Crippen LogP contribution in [-0.2, 0) is 14.8 Å². The molecule has 1 saturated heterocycles. The topological polar surface area (TPSA) is 55.4 Å². The molecule has 0 aliphatic carbocycles. The van der Waals surface area contributed by atoms with E-state index in [0.717, 1.165) is 25.9 Å². The zero-order valence-electron chi connectivity index (χ0n) is 9.93. The number of hydrogen-bond acceptors (Lipinski definition) is 3. The van der Waals surface area contributed by atoms with Gasteiger partial charge in [0.05, 0.1) is 11.0 Å². The van der Waals surface area contributed by atoms with E-state index < -0.39 is 10.0 Å².